The largest absolute Gasteiger partial charge is 0.391 e. The molecule has 7 heteroatoms. The number of pyridine rings is 1. The number of nitrogens with one attached hydrogen (secondary N) is 1. The Morgan fingerprint density at radius 2 is 2.04 bits per heavy atom. The van der Waals surface area contributed by atoms with Crippen molar-refractivity contribution < 1.29 is 5.11 Å². The molecule has 1 aliphatic carbocycles. The van der Waals surface area contributed by atoms with Crippen LogP contribution in [-0.2, 0) is 0 Å². The number of fused-ring (bicyclic) bond motifs is 2. The maximum atomic E-state index is 10.6. The first-order valence-corrected chi connectivity index (χ1v) is 8.50. The van der Waals surface area contributed by atoms with Crippen LogP contribution in [0, 0.1) is 11.8 Å². The lowest BCUT2D eigenvalue weighted by Gasteiger charge is -2.35. The van der Waals surface area contributed by atoms with Crippen LogP contribution in [0.1, 0.15) is 18.9 Å². The fraction of sp³-hybridized carbons (Fsp3) is 0.471. The van der Waals surface area contributed by atoms with Crippen molar-refractivity contribution in [3.05, 3.63) is 36.9 Å². The molecule has 3 aromatic heterocycles. The molecule has 3 aromatic rings. The highest BCUT2D eigenvalue weighted by atomic mass is 16.3. The molecule has 0 radical (unpaired) electrons. The Balaban J connectivity index is 1.41. The molecule has 4 atom stereocenters. The van der Waals surface area contributed by atoms with Crippen LogP contribution < -0.4 is 4.90 Å². The second-order valence-electron chi connectivity index (χ2n) is 6.98. The quantitative estimate of drug-likeness (QED) is 0.748. The van der Waals surface area contributed by atoms with Gasteiger partial charge in [0, 0.05) is 31.7 Å². The third kappa shape index (κ3) is 2.11. The maximum absolute atomic E-state index is 10.6. The smallest absolute Gasteiger partial charge is 0.157 e. The van der Waals surface area contributed by atoms with Gasteiger partial charge in [-0.05, 0) is 36.8 Å². The minimum Gasteiger partial charge on any atom is -0.391 e. The topological polar surface area (TPSA) is 82.9 Å². The van der Waals surface area contributed by atoms with E-state index in [0.717, 1.165) is 37.0 Å². The van der Waals surface area contributed by atoms with Gasteiger partial charge in [-0.25, -0.2) is 4.98 Å². The van der Waals surface area contributed by atoms with Crippen molar-refractivity contribution in [2.75, 3.05) is 18.0 Å². The molecular weight excluding hydrogens is 304 g/mol. The molecule has 5 rings (SSSR count). The lowest BCUT2D eigenvalue weighted by atomic mass is 9.77. The number of anilines is 1. The Morgan fingerprint density at radius 1 is 1.17 bits per heavy atom. The molecular formula is C17H20N6O. The lowest BCUT2D eigenvalue weighted by molar-refractivity contribution is 0.0306. The molecule has 0 aromatic carbocycles. The van der Waals surface area contributed by atoms with Crippen LogP contribution in [0.2, 0.25) is 0 Å². The van der Waals surface area contributed by atoms with Crippen molar-refractivity contribution >= 4 is 16.7 Å². The number of hydrogen-bond donors (Lipinski definition) is 2. The molecule has 0 spiro atoms. The van der Waals surface area contributed by atoms with Gasteiger partial charge in [0.15, 0.2) is 5.65 Å². The number of H-pyrrole nitrogens is 1. The fourth-order valence-electron chi connectivity index (χ4n) is 4.48. The third-order valence-electron chi connectivity index (χ3n) is 5.65. The van der Waals surface area contributed by atoms with Gasteiger partial charge in [0.05, 0.1) is 29.4 Å². The SMILES string of the molecule is O[C@@H]1C[C@H]2CN(c3ccnc4[nH]ncc34)C[C@H]2C[C@H]1n1cccn1. The van der Waals surface area contributed by atoms with Crippen LogP contribution in [0.15, 0.2) is 36.9 Å². The molecule has 0 amide bonds. The Hall–Kier alpha value is -2.41. The van der Waals surface area contributed by atoms with Crippen molar-refractivity contribution in [1.29, 1.82) is 0 Å². The second-order valence-corrected chi connectivity index (χ2v) is 6.98. The van der Waals surface area contributed by atoms with Gasteiger partial charge in [-0.3, -0.25) is 9.78 Å². The van der Waals surface area contributed by atoms with E-state index >= 15 is 0 Å². The van der Waals surface area contributed by atoms with E-state index in [1.807, 2.05) is 29.3 Å². The van der Waals surface area contributed by atoms with Crippen molar-refractivity contribution in [1.82, 2.24) is 25.0 Å². The highest BCUT2D eigenvalue weighted by Crippen LogP contribution is 2.43. The molecule has 0 unspecified atom stereocenters. The summed E-state index contributed by atoms with van der Waals surface area (Å²) < 4.78 is 1.92. The number of rotatable bonds is 2. The maximum Gasteiger partial charge on any atom is 0.157 e. The average Bonchev–Trinajstić information content (AvgIpc) is 3.32. The first kappa shape index (κ1) is 14.0. The summed E-state index contributed by atoms with van der Waals surface area (Å²) in [5.74, 6) is 1.11. The summed E-state index contributed by atoms with van der Waals surface area (Å²) in [7, 11) is 0. The Kier molecular flexibility index (Phi) is 3.09. The molecule has 24 heavy (non-hydrogen) atoms. The normalized spacial score (nSPS) is 30.0. The van der Waals surface area contributed by atoms with Gasteiger partial charge >= 0.3 is 0 Å². The molecule has 1 saturated heterocycles. The van der Waals surface area contributed by atoms with E-state index in [2.05, 4.69) is 31.2 Å². The zero-order chi connectivity index (χ0) is 16.1. The standard InChI is InChI=1S/C17H20N6O/c24-16-7-12-10-22(14-2-4-18-17-13(14)8-19-21-17)9-11(12)6-15(16)23-5-1-3-20-23/h1-5,8,11-12,15-16,24H,6-7,9-10H2,(H,18,19,21)/t11-,12+,15-,16-/m1/s1. The van der Waals surface area contributed by atoms with Crippen molar-refractivity contribution in [2.45, 2.75) is 25.0 Å². The van der Waals surface area contributed by atoms with Crippen LogP contribution >= 0.6 is 0 Å². The summed E-state index contributed by atoms with van der Waals surface area (Å²) in [4.78, 5) is 6.75. The monoisotopic (exact) mass is 324 g/mol. The van der Waals surface area contributed by atoms with Gasteiger partial charge < -0.3 is 10.0 Å². The molecule has 1 saturated carbocycles. The highest BCUT2D eigenvalue weighted by molar-refractivity contribution is 5.88. The third-order valence-corrected chi connectivity index (χ3v) is 5.65. The van der Waals surface area contributed by atoms with Gasteiger partial charge in [0.25, 0.3) is 0 Å². The predicted octanol–water partition coefficient (Wildman–Crippen LogP) is 1.60. The van der Waals surface area contributed by atoms with E-state index in [1.54, 1.807) is 6.20 Å². The lowest BCUT2D eigenvalue weighted by Crippen LogP contribution is -2.36. The van der Waals surface area contributed by atoms with Crippen molar-refractivity contribution in [3.8, 4) is 0 Å². The number of aliphatic hydroxyl groups is 1. The number of nitrogens with zero attached hydrogens (tertiary/aromatic N) is 5. The van der Waals surface area contributed by atoms with Crippen LogP contribution in [0.3, 0.4) is 0 Å². The zero-order valence-corrected chi connectivity index (χ0v) is 13.3. The molecule has 124 valence electrons. The molecule has 7 nitrogen and oxygen atoms in total. The van der Waals surface area contributed by atoms with E-state index < -0.39 is 0 Å². The summed E-state index contributed by atoms with van der Waals surface area (Å²) >= 11 is 0. The fourth-order valence-corrected chi connectivity index (χ4v) is 4.48. The number of hydrogen-bond acceptors (Lipinski definition) is 5. The van der Waals surface area contributed by atoms with Gasteiger partial charge in [0.1, 0.15) is 0 Å². The Labute approximate surface area is 139 Å². The first-order valence-electron chi connectivity index (χ1n) is 8.50. The van der Waals surface area contributed by atoms with Crippen molar-refractivity contribution in [3.63, 3.8) is 0 Å². The average molecular weight is 324 g/mol. The van der Waals surface area contributed by atoms with Gasteiger partial charge in [0.2, 0.25) is 0 Å². The summed E-state index contributed by atoms with van der Waals surface area (Å²) in [6.45, 7) is 2.00. The predicted molar refractivity (Wildman–Crippen MR) is 89.6 cm³/mol. The van der Waals surface area contributed by atoms with Crippen LogP contribution in [0.4, 0.5) is 5.69 Å². The minimum absolute atomic E-state index is 0.0904. The van der Waals surface area contributed by atoms with E-state index in [1.165, 1.54) is 5.69 Å². The Morgan fingerprint density at radius 3 is 2.88 bits per heavy atom. The van der Waals surface area contributed by atoms with E-state index in [0.29, 0.717) is 11.8 Å². The van der Waals surface area contributed by atoms with Crippen molar-refractivity contribution in [2.24, 2.45) is 11.8 Å². The second kappa shape index (κ2) is 5.31. The summed E-state index contributed by atoms with van der Waals surface area (Å²) in [5, 5.41) is 23.0. The van der Waals surface area contributed by atoms with Crippen LogP contribution in [0.5, 0.6) is 0 Å². The molecule has 4 heterocycles. The van der Waals surface area contributed by atoms with Gasteiger partial charge in [-0.1, -0.05) is 0 Å². The zero-order valence-electron chi connectivity index (χ0n) is 13.3. The van der Waals surface area contributed by atoms with E-state index in [-0.39, 0.29) is 12.1 Å². The van der Waals surface area contributed by atoms with Gasteiger partial charge in [-0.2, -0.15) is 10.2 Å². The molecule has 2 aliphatic rings. The number of aromatic amines is 1. The molecule has 0 bridgehead atoms. The first-order chi connectivity index (χ1) is 11.8. The molecule has 2 fully saturated rings. The molecule has 1 aliphatic heterocycles. The Bertz CT molecular complexity index is 844. The summed E-state index contributed by atoms with van der Waals surface area (Å²) in [5.41, 5.74) is 2.02. The molecule has 2 N–H and O–H groups in total. The van der Waals surface area contributed by atoms with Crippen LogP contribution in [0.25, 0.3) is 11.0 Å². The van der Waals surface area contributed by atoms with E-state index in [9.17, 15) is 5.11 Å². The highest BCUT2D eigenvalue weighted by Gasteiger charge is 2.42. The number of aromatic nitrogens is 5. The summed E-state index contributed by atoms with van der Waals surface area (Å²) in [6.07, 6.45) is 8.91. The van der Waals surface area contributed by atoms with Gasteiger partial charge in [-0.15, -0.1) is 0 Å². The number of aliphatic hydroxyl groups excluding tert-OH is 1. The minimum atomic E-state index is -0.322. The van der Waals surface area contributed by atoms with E-state index in [4.69, 9.17) is 0 Å². The summed E-state index contributed by atoms with van der Waals surface area (Å²) in [6, 6.07) is 4.08. The van der Waals surface area contributed by atoms with Crippen LogP contribution in [-0.4, -0.2) is 49.3 Å².